The van der Waals surface area contributed by atoms with E-state index in [0.29, 0.717) is 16.1 Å². The number of aromatic nitrogens is 2. The molecule has 1 aromatic heterocycles. The van der Waals surface area contributed by atoms with Gasteiger partial charge in [0.05, 0.1) is 12.2 Å². The van der Waals surface area contributed by atoms with Crippen LogP contribution in [0.1, 0.15) is 21.5 Å². The lowest BCUT2D eigenvalue weighted by molar-refractivity contribution is 0.0693. The van der Waals surface area contributed by atoms with E-state index in [0.717, 1.165) is 4.68 Å². The molecule has 0 unspecified atom stereocenters. The van der Waals surface area contributed by atoms with Crippen LogP contribution in [0.4, 0.5) is 4.39 Å². The van der Waals surface area contributed by atoms with E-state index in [2.05, 4.69) is 5.10 Å². The van der Waals surface area contributed by atoms with Crippen molar-refractivity contribution in [2.24, 2.45) is 5.73 Å². The number of benzene rings is 2. The van der Waals surface area contributed by atoms with Gasteiger partial charge in [-0.1, -0.05) is 29.8 Å². The molecule has 138 valence electrons. The van der Waals surface area contributed by atoms with Crippen LogP contribution >= 0.6 is 11.6 Å². The van der Waals surface area contributed by atoms with Crippen LogP contribution in [0.15, 0.2) is 53.3 Å². The maximum absolute atomic E-state index is 13.7. The minimum Gasteiger partial charge on any atom is -0.477 e. The van der Waals surface area contributed by atoms with E-state index >= 15 is 0 Å². The minimum absolute atomic E-state index is 0.00241. The predicted octanol–water partition coefficient (Wildman–Crippen LogP) is 2.91. The van der Waals surface area contributed by atoms with Crippen molar-refractivity contribution in [3.8, 4) is 11.3 Å². The number of carbonyl (C=O) groups is 1. The third kappa shape index (κ3) is 3.89. The molecule has 0 spiro atoms. The maximum atomic E-state index is 13.7. The Morgan fingerprint density at radius 3 is 2.59 bits per heavy atom. The van der Waals surface area contributed by atoms with E-state index in [1.54, 1.807) is 24.3 Å². The van der Waals surface area contributed by atoms with Gasteiger partial charge in [-0.25, -0.2) is 13.9 Å². The molecule has 3 rings (SSSR count). The highest BCUT2D eigenvalue weighted by Crippen LogP contribution is 2.21. The van der Waals surface area contributed by atoms with Crippen LogP contribution in [0.2, 0.25) is 5.02 Å². The van der Waals surface area contributed by atoms with Crippen LogP contribution in [0, 0.1) is 5.82 Å². The summed E-state index contributed by atoms with van der Waals surface area (Å²) < 4.78 is 14.7. The lowest BCUT2D eigenvalue weighted by atomic mass is 10.1. The summed E-state index contributed by atoms with van der Waals surface area (Å²) in [4.78, 5) is 24.0. The van der Waals surface area contributed by atoms with Gasteiger partial charge in [-0.3, -0.25) is 4.79 Å². The summed E-state index contributed by atoms with van der Waals surface area (Å²) in [5.74, 6) is -1.85. The summed E-state index contributed by atoms with van der Waals surface area (Å²) in [6, 6.07) is 12.2. The minimum atomic E-state index is -1.38. The Morgan fingerprint density at radius 1 is 1.19 bits per heavy atom. The molecular weight excluding hydrogens is 373 g/mol. The molecule has 0 bridgehead atoms. The Labute approximate surface area is 158 Å². The molecule has 0 saturated carbocycles. The molecule has 27 heavy (non-hydrogen) atoms. The van der Waals surface area contributed by atoms with Gasteiger partial charge in [0.1, 0.15) is 11.4 Å². The van der Waals surface area contributed by atoms with E-state index in [1.165, 1.54) is 24.3 Å². The van der Waals surface area contributed by atoms with Gasteiger partial charge in [0, 0.05) is 22.7 Å². The summed E-state index contributed by atoms with van der Waals surface area (Å²) in [7, 11) is 0. The molecule has 0 fully saturated rings. The van der Waals surface area contributed by atoms with Gasteiger partial charge in [-0.2, -0.15) is 5.10 Å². The monoisotopic (exact) mass is 387 g/mol. The van der Waals surface area contributed by atoms with Crippen LogP contribution in [-0.4, -0.2) is 20.9 Å². The van der Waals surface area contributed by atoms with Crippen LogP contribution in [-0.2, 0) is 13.1 Å². The number of nitrogens with zero attached hydrogens (tertiary/aromatic N) is 2. The number of hydrogen-bond donors (Lipinski definition) is 2. The second-order valence-corrected chi connectivity index (χ2v) is 6.22. The van der Waals surface area contributed by atoms with Crippen molar-refractivity contribution in [3.05, 3.63) is 86.4 Å². The molecule has 0 aliphatic carbocycles. The molecule has 3 aromatic rings. The molecule has 8 heteroatoms. The van der Waals surface area contributed by atoms with Gasteiger partial charge in [0.2, 0.25) is 0 Å². The van der Waals surface area contributed by atoms with Gasteiger partial charge in [0.15, 0.2) is 0 Å². The summed E-state index contributed by atoms with van der Waals surface area (Å²) in [5.41, 5.74) is 5.87. The number of aromatic carboxylic acids is 1. The fourth-order valence-corrected chi connectivity index (χ4v) is 2.82. The topological polar surface area (TPSA) is 98.2 Å². The second-order valence-electron chi connectivity index (χ2n) is 5.81. The van der Waals surface area contributed by atoms with Gasteiger partial charge >= 0.3 is 5.97 Å². The van der Waals surface area contributed by atoms with Crippen molar-refractivity contribution in [1.29, 1.82) is 0 Å². The number of halogens is 2. The first-order valence-corrected chi connectivity index (χ1v) is 8.36. The third-order valence-corrected chi connectivity index (χ3v) is 4.41. The number of carboxylic acid groups (broad SMARTS) is 1. The summed E-state index contributed by atoms with van der Waals surface area (Å²) >= 11 is 6.13. The normalized spacial score (nSPS) is 10.8. The van der Waals surface area contributed by atoms with Gasteiger partial charge in [0.25, 0.3) is 5.56 Å². The van der Waals surface area contributed by atoms with Crippen molar-refractivity contribution in [2.45, 2.75) is 13.1 Å². The third-order valence-electron chi connectivity index (χ3n) is 4.04. The zero-order chi connectivity index (χ0) is 19.6. The van der Waals surface area contributed by atoms with E-state index in [9.17, 15) is 19.1 Å². The van der Waals surface area contributed by atoms with Crippen molar-refractivity contribution >= 4 is 17.6 Å². The Hall–Kier alpha value is -3.03. The van der Waals surface area contributed by atoms with Crippen LogP contribution in [0.25, 0.3) is 11.3 Å². The quantitative estimate of drug-likeness (QED) is 0.701. The van der Waals surface area contributed by atoms with Gasteiger partial charge in [-0.15, -0.1) is 0 Å². The van der Waals surface area contributed by atoms with Crippen LogP contribution < -0.4 is 11.3 Å². The van der Waals surface area contributed by atoms with E-state index in [-0.39, 0.29) is 24.3 Å². The zero-order valence-corrected chi connectivity index (χ0v) is 14.8. The highest BCUT2D eigenvalue weighted by Gasteiger charge is 2.17. The molecule has 0 radical (unpaired) electrons. The smallest absolute Gasteiger partial charge is 0.341 e. The Bertz CT molecular complexity index is 1080. The Morgan fingerprint density at radius 2 is 1.93 bits per heavy atom. The van der Waals surface area contributed by atoms with E-state index in [4.69, 9.17) is 17.3 Å². The highest BCUT2D eigenvalue weighted by molar-refractivity contribution is 6.31. The first kappa shape index (κ1) is 18.8. The van der Waals surface area contributed by atoms with Crippen LogP contribution in [0.5, 0.6) is 0 Å². The summed E-state index contributed by atoms with van der Waals surface area (Å²) in [6.07, 6.45) is 0. The van der Waals surface area contributed by atoms with Gasteiger partial charge in [-0.05, 0) is 35.9 Å². The largest absolute Gasteiger partial charge is 0.477 e. The first-order valence-electron chi connectivity index (χ1n) is 7.98. The molecule has 1 heterocycles. The van der Waals surface area contributed by atoms with E-state index < -0.39 is 22.9 Å². The number of hydrogen-bond acceptors (Lipinski definition) is 4. The molecular formula is C19H15ClFN3O3. The Kier molecular flexibility index (Phi) is 5.34. The highest BCUT2D eigenvalue weighted by atomic mass is 35.5. The van der Waals surface area contributed by atoms with Crippen molar-refractivity contribution in [3.63, 3.8) is 0 Å². The number of nitrogens with two attached hydrogens (primary N) is 1. The summed E-state index contributed by atoms with van der Waals surface area (Å²) in [6.45, 7) is -0.0255. The number of carboxylic acids is 1. The molecule has 0 aliphatic rings. The van der Waals surface area contributed by atoms with E-state index in [1.807, 2.05) is 0 Å². The number of rotatable bonds is 5. The SMILES string of the molecule is NCc1cc(-c2cc(C(=O)O)c(=O)n(Cc3ccccc3Cl)n2)ccc1F. The molecule has 0 atom stereocenters. The van der Waals surface area contributed by atoms with Crippen molar-refractivity contribution < 1.29 is 14.3 Å². The lowest BCUT2D eigenvalue weighted by Crippen LogP contribution is -2.29. The standard InChI is InChI=1S/C19H15ClFN3O3/c20-15-4-2-1-3-12(15)10-24-18(25)14(19(26)27)8-17(23-24)11-5-6-16(21)13(7-11)9-22/h1-8H,9-10,22H2,(H,26,27). The molecule has 2 aromatic carbocycles. The fourth-order valence-electron chi connectivity index (χ4n) is 2.62. The Balaban J connectivity index is 2.16. The molecule has 0 saturated heterocycles. The maximum Gasteiger partial charge on any atom is 0.341 e. The van der Waals surface area contributed by atoms with Crippen molar-refractivity contribution in [2.75, 3.05) is 0 Å². The fraction of sp³-hybridized carbons (Fsp3) is 0.105. The second kappa shape index (κ2) is 7.69. The molecule has 6 nitrogen and oxygen atoms in total. The first-order chi connectivity index (χ1) is 12.9. The molecule has 3 N–H and O–H groups in total. The average Bonchev–Trinajstić information content (AvgIpc) is 2.65. The predicted molar refractivity (Wildman–Crippen MR) is 99.3 cm³/mol. The molecule has 0 aliphatic heterocycles. The average molecular weight is 388 g/mol. The zero-order valence-electron chi connectivity index (χ0n) is 14.0. The van der Waals surface area contributed by atoms with Gasteiger partial charge < -0.3 is 10.8 Å². The lowest BCUT2D eigenvalue weighted by Gasteiger charge is -2.11. The molecule has 0 amide bonds. The summed E-state index contributed by atoms with van der Waals surface area (Å²) in [5, 5.41) is 14.1. The van der Waals surface area contributed by atoms with Crippen molar-refractivity contribution in [1.82, 2.24) is 9.78 Å². The van der Waals surface area contributed by atoms with Crippen LogP contribution in [0.3, 0.4) is 0 Å².